The zero-order chi connectivity index (χ0) is 31.9. The highest BCUT2D eigenvalue weighted by Crippen LogP contribution is 2.60. The molecule has 1 amide bonds. The van der Waals surface area contributed by atoms with Gasteiger partial charge in [-0.3, -0.25) is 14.7 Å². The maximum Gasteiger partial charge on any atom is 0.264 e. The summed E-state index contributed by atoms with van der Waals surface area (Å²) in [6.07, 6.45) is 10.4. The SMILES string of the molecule is CCOc1cncc(-c2ccc(C(C)N3CCN(c4ccc(C(=O)NS(=O)(=O)CC56CC7CC(CC(C7)C5)C6)cc4)CC3)cc2)c1. The first-order valence-electron chi connectivity index (χ1n) is 17.0. The van der Waals surface area contributed by atoms with Gasteiger partial charge in [0, 0.05) is 55.2 Å². The Morgan fingerprint density at radius 1 is 0.913 bits per heavy atom. The van der Waals surface area contributed by atoms with Gasteiger partial charge in [-0.05, 0) is 117 Å². The van der Waals surface area contributed by atoms with Gasteiger partial charge in [0.15, 0.2) is 0 Å². The fourth-order valence-electron chi connectivity index (χ4n) is 9.28. The highest BCUT2D eigenvalue weighted by atomic mass is 32.2. The van der Waals surface area contributed by atoms with Crippen LogP contribution in [-0.2, 0) is 10.0 Å². The molecular formula is C37H46N4O4S. The number of rotatable bonds is 10. The number of sulfonamides is 1. The largest absolute Gasteiger partial charge is 0.492 e. The third-order valence-corrected chi connectivity index (χ3v) is 12.5. The summed E-state index contributed by atoms with van der Waals surface area (Å²) in [6, 6.07) is 18.4. The molecule has 1 N–H and O–H groups in total. The summed E-state index contributed by atoms with van der Waals surface area (Å²) in [5, 5.41) is 0. The predicted molar refractivity (Wildman–Crippen MR) is 181 cm³/mol. The summed E-state index contributed by atoms with van der Waals surface area (Å²) in [4.78, 5) is 22.2. The van der Waals surface area contributed by atoms with Crippen LogP contribution in [0, 0.1) is 23.2 Å². The van der Waals surface area contributed by atoms with Crippen LogP contribution >= 0.6 is 0 Å². The molecule has 8 nitrogen and oxygen atoms in total. The summed E-state index contributed by atoms with van der Waals surface area (Å²) in [5.74, 6) is 2.36. The number of nitrogens with zero attached hydrogens (tertiary/aromatic N) is 3. The van der Waals surface area contributed by atoms with E-state index in [1.165, 1.54) is 24.8 Å². The predicted octanol–water partition coefficient (Wildman–Crippen LogP) is 6.31. The Bertz CT molecular complexity index is 1610. The van der Waals surface area contributed by atoms with Crippen molar-refractivity contribution in [3.05, 3.63) is 78.1 Å². The highest BCUT2D eigenvalue weighted by molar-refractivity contribution is 7.90. The fraction of sp³-hybridized carbons (Fsp3) is 0.514. The van der Waals surface area contributed by atoms with Crippen molar-refractivity contribution in [1.82, 2.24) is 14.6 Å². The number of hydrogen-bond acceptors (Lipinski definition) is 7. The minimum Gasteiger partial charge on any atom is -0.492 e. The number of ether oxygens (including phenoxy) is 1. The van der Waals surface area contributed by atoms with Crippen molar-refractivity contribution < 1.29 is 17.9 Å². The first kappa shape index (κ1) is 31.2. The number of pyridine rings is 1. The van der Waals surface area contributed by atoms with Gasteiger partial charge in [0.1, 0.15) is 5.75 Å². The van der Waals surface area contributed by atoms with Crippen LogP contribution < -0.4 is 14.4 Å². The molecule has 0 radical (unpaired) electrons. The lowest BCUT2D eigenvalue weighted by Crippen LogP contribution is -2.51. The molecule has 0 spiro atoms. The van der Waals surface area contributed by atoms with Crippen LogP contribution in [0.4, 0.5) is 5.69 Å². The molecule has 1 atom stereocenters. The molecule has 2 heterocycles. The van der Waals surface area contributed by atoms with E-state index in [2.05, 4.69) is 50.7 Å². The van der Waals surface area contributed by atoms with Crippen molar-refractivity contribution in [1.29, 1.82) is 0 Å². The first-order chi connectivity index (χ1) is 22.2. The van der Waals surface area contributed by atoms with E-state index in [0.717, 1.165) is 68.0 Å². The van der Waals surface area contributed by atoms with Gasteiger partial charge in [0.25, 0.3) is 5.91 Å². The standard InChI is InChI=1S/C37H46N4O4S/c1-3-45-35-19-33(23-38-24-35)31-6-4-30(5-7-31)26(2)40-12-14-41(15-13-40)34-10-8-32(9-11-34)36(42)39-46(43,44)25-37-20-27-16-28(21-37)18-29(17-27)22-37/h4-11,19,23-24,26-29H,3,12-18,20-22,25H2,1-2H3,(H,39,42). The molecule has 244 valence electrons. The van der Waals surface area contributed by atoms with Crippen LogP contribution in [-0.4, -0.2) is 62.7 Å². The summed E-state index contributed by atoms with van der Waals surface area (Å²) >= 11 is 0. The van der Waals surface area contributed by atoms with Crippen molar-refractivity contribution >= 4 is 21.6 Å². The van der Waals surface area contributed by atoms with Gasteiger partial charge in [0.05, 0.1) is 18.6 Å². The maximum absolute atomic E-state index is 13.2. The summed E-state index contributed by atoms with van der Waals surface area (Å²) in [5.41, 5.74) is 4.73. The highest BCUT2D eigenvalue weighted by Gasteiger charge is 2.52. The summed E-state index contributed by atoms with van der Waals surface area (Å²) in [6.45, 7) is 8.45. The number of amides is 1. The third-order valence-electron chi connectivity index (χ3n) is 11.0. The number of benzene rings is 2. The number of piperazine rings is 1. The Morgan fingerprint density at radius 2 is 1.54 bits per heavy atom. The van der Waals surface area contributed by atoms with E-state index in [0.29, 0.717) is 29.9 Å². The quantitative estimate of drug-likeness (QED) is 0.277. The number of nitrogens with one attached hydrogen (secondary N) is 1. The van der Waals surface area contributed by atoms with Gasteiger partial charge >= 0.3 is 0 Å². The number of carbonyl (C=O) groups is 1. The van der Waals surface area contributed by atoms with Gasteiger partial charge in [-0.15, -0.1) is 0 Å². The second kappa shape index (κ2) is 12.6. The smallest absolute Gasteiger partial charge is 0.264 e. The van der Waals surface area contributed by atoms with Crippen molar-refractivity contribution in [2.75, 3.05) is 43.4 Å². The zero-order valence-corrected chi connectivity index (χ0v) is 27.8. The van der Waals surface area contributed by atoms with E-state index in [1.807, 2.05) is 31.3 Å². The molecule has 46 heavy (non-hydrogen) atoms. The number of hydrogen-bond donors (Lipinski definition) is 1. The Morgan fingerprint density at radius 3 is 2.15 bits per heavy atom. The van der Waals surface area contributed by atoms with Crippen LogP contribution in [0.25, 0.3) is 11.1 Å². The Hall–Kier alpha value is -3.43. The average Bonchev–Trinajstić information content (AvgIpc) is 3.03. The molecule has 4 saturated carbocycles. The fourth-order valence-corrected chi connectivity index (χ4v) is 10.9. The van der Waals surface area contributed by atoms with Crippen molar-refractivity contribution in [2.24, 2.45) is 23.2 Å². The molecule has 3 aromatic rings. The third kappa shape index (κ3) is 6.67. The van der Waals surface area contributed by atoms with Gasteiger partial charge in [-0.25, -0.2) is 13.1 Å². The first-order valence-corrected chi connectivity index (χ1v) is 18.6. The van der Waals surface area contributed by atoms with Crippen molar-refractivity contribution in [3.63, 3.8) is 0 Å². The molecule has 1 aromatic heterocycles. The monoisotopic (exact) mass is 642 g/mol. The van der Waals surface area contributed by atoms with Crippen molar-refractivity contribution in [2.45, 2.75) is 58.4 Å². The molecule has 2 aromatic carbocycles. The van der Waals surface area contributed by atoms with Crippen LogP contribution in [0.1, 0.15) is 74.3 Å². The molecular weight excluding hydrogens is 596 g/mol. The van der Waals surface area contributed by atoms with Crippen LogP contribution in [0.2, 0.25) is 0 Å². The van der Waals surface area contributed by atoms with Crippen molar-refractivity contribution in [3.8, 4) is 16.9 Å². The minimum absolute atomic E-state index is 0.0833. The number of aromatic nitrogens is 1. The molecule has 9 heteroatoms. The molecule has 8 rings (SSSR count). The molecule has 5 aliphatic rings. The Labute approximate surface area is 273 Å². The lowest BCUT2D eigenvalue weighted by molar-refractivity contribution is -0.0391. The normalized spacial score (nSPS) is 26.6. The molecule has 1 saturated heterocycles. The maximum atomic E-state index is 13.2. The van der Waals surface area contributed by atoms with E-state index in [9.17, 15) is 13.2 Å². The Kier molecular flexibility index (Phi) is 8.57. The second-order valence-corrected chi connectivity index (χ2v) is 16.0. The second-order valence-electron chi connectivity index (χ2n) is 14.3. The van der Waals surface area contributed by atoms with E-state index >= 15 is 0 Å². The van der Waals surface area contributed by atoms with E-state index in [4.69, 9.17) is 4.74 Å². The topological polar surface area (TPSA) is 91.8 Å². The van der Waals surface area contributed by atoms with E-state index in [1.54, 1.807) is 18.3 Å². The lowest BCUT2D eigenvalue weighted by Gasteiger charge is -2.56. The van der Waals surface area contributed by atoms with Gasteiger partial charge < -0.3 is 9.64 Å². The molecule has 4 aliphatic carbocycles. The Balaban J connectivity index is 0.913. The molecule has 1 unspecified atom stereocenters. The van der Waals surface area contributed by atoms with E-state index in [-0.39, 0.29) is 17.2 Å². The summed E-state index contributed by atoms with van der Waals surface area (Å²) < 4.78 is 34.3. The van der Waals surface area contributed by atoms with Gasteiger partial charge in [-0.1, -0.05) is 24.3 Å². The van der Waals surface area contributed by atoms with Gasteiger partial charge in [-0.2, -0.15) is 0 Å². The van der Waals surface area contributed by atoms with Crippen LogP contribution in [0.3, 0.4) is 0 Å². The van der Waals surface area contributed by atoms with E-state index < -0.39 is 15.9 Å². The summed E-state index contributed by atoms with van der Waals surface area (Å²) in [7, 11) is -3.70. The molecule has 1 aliphatic heterocycles. The zero-order valence-electron chi connectivity index (χ0n) is 27.0. The molecule has 5 fully saturated rings. The molecule has 4 bridgehead atoms. The number of anilines is 1. The minimum atomic E-state index is -3.70. The average molecular weight is 643 g/mol. The van der Waals surface area contributed by atoms with Crippen LogP contribution in [0.15, 0.2) is 67.0 Å². The van der Waals surface area contributed by atoms with Crippen LogP contribution in [0.5, 0.6) is 5.75 Å². The van der Waals surface area contributed by atoms with Gasteiger partial charge in [0.2, 0.25) is 10.0 Å². The number of carbonyl (C=O) groups excluding carboxylic acids is 1. The lowest BCUT2D eigenvalue weighted by atomic mass is 9.50.